The van der Waals surface area contributed by atoms with E-state index in [-0.39, 0.29) is 16.7 Å². The molecular formula is C20H28INO2. The van der Waals surface area contributed by atoms with Crippen LogP contribution in [-0.4, -0.2) is 23.2 Å². The highest BCUT2D eigenvalue weighted by atomic mass is 127. The van der Waals surface area contributed by atoms with Gasteiger partial charge in [-0.15, -0.1) is 0 Å². The van der Waals surface area contributed by atoms with Gasteiger partial charge in [0.05, 0.1) is 5.60 Å². The Morgan fingerprint density at radius 2 is 2.00 bits per heavy atom. The van der Waals surface area contributed by atoms with Crippen LogP contribution in [0.1, 0.15) is 63.2 Å². The zero-order valence-corrected chi connectivity index (χ0v) is 17.0. The van der Waals surface area contributed by atoms with Crippen LogP contribution >= 0.6 is 22.6 Å². The molecule has 0 aromatic heterocycles. The van der Waals surface area contributed by atoms with Gasteiger partial charge in [-0.1, -0.05) is 20.8 Å². The van der Waals surface area contributed by atoms with Crippen molar-refractivity contribution in [2.45, 2.75) is 58.5 Å². The molecule has 3 nitrogen and oxygen atoms in total. The highest BCUT2D eigenvalue weighted by Gasteiger charge is 2.69. The van der Waals surface area contributed by atoms with E-state index in [9.17, 15) is 9.90 Å². The minimum atomic E-state index is -0.645. The third kappa shape index (κ3) is 2.61. The van der Waals surface area contributed by atoms with Crippen molar-refractivity contribution in [2.24, 2.45) is 16.7 Å². The van der Waals surface area contributed by atoms with Crippen LogP contribution in [0.25, 0.3) is 0 Å². The molecule has 0 saturated heterocycles. The van der Waals surface area contributed by atoms with Crippen LogP contribution in [0, 0.1) is 20.3 Å². The first-order valence-corrected chi connectivity index (χ1v) is 10.1. The highest BCUT2D eigenvalue weighted by Crippen LogP contribution is 2.71. The molecule has 2 fully saturated rings. The van der Waals surface area contributed by atoms with E-state index in [2.05, 4.69) is 48.7 Å². The topological polar surface area (TPSA) is 49.3 Å². The Morgan fingerprint density at radius 3 is 2.58 bits per heavy atom. The first-order chi connectivity index (χ1) is 11.3. The maximum absolute atomic E-state index is 12.3. The molecule has 2 unspecified atom stereocenters. The summed E-state index contributed by atoms with van der Waals surface area (Å²) in [5, 5.41) is 14.4. The number of hydrogen-bond donors (Lipinski definition) is 2. The minimum Gasteiger partial charge on any atom is -0.389 e. The number of halogens is 1. The molecule has 24 heavy (non-hydrogen) atoms. The molecule has 0 aliphatic heterocycles. The van der Waals surface area contributed by atoms with Gasteiger partial charge in [-0.05, 0) is 90.3 Å². The zero-order valence-electron chi connectivity index (χ0n) is 14.9. The van der Waals surface area contributed by atoms with Crippen molar-refractivity contribution in [3.8, 4) is 0 Å². The Hall–Kier alpha value is -0.620. The Balaban J connectivity index is 1.64. The van der Waals surface area contributed by atoms with Gasteiger partial charge in [-0.2, -0.15) is 0 Å². The molecule has 1 aromatic carbocycles. The van der Waals surface area contributed by atoms with Gasteiger partial charge >= 0.3 is 0 Å². The molecule has 0 heterocycles. The second-order valence-corrected chi connectivity index (χ2v) is 9.39. The van der Waals surface area contributed by atoms with Gasteiger partial charge in [-0.25, -0.2) is 0 Å². The van der Waals surface area contributed by atoms with Gasteiger partial charge in [0.15, 0.2) is 0 Å². The molecule has 132 valence electrons. The maximum atomic E-state index is 12.3. The summed E-state index contributed by atoms with van der Waals surface area (Å²) in [6.07, 6.45) is 4.89. The van der Waals surface area contributed by atoms with E-state index in [4.69, 9.17) is 0 Å². The lowest BCUT2D eigenvalue weighted by atomic mass is 9.60. The van der Waals surface area contributed by atoms with Gasteiger partial charge in [0.2, 0.25) is 0 Å². The van der Waals surface area contributed by atoms with Crippen LogP contribution in [0.3, 0.4) is 0 Å². The average Bonchev–Trinajstić information content (AvgIpc) is 2.88. The molecule has 1 amide bonds. The van der Waals surface area contributed by atoms with Crippen molar-refractivity contribution in [3.63, 3.8) is 0 Å². The number of carbonyl (C=O) groups is 1. The first kappa shape index (κ1) is 18.2. The molecule has 3 atom stereocenters. The zero-order chi connectivity index (χ0) is 17.6. The SMILES string of the molecule is CCC12CCC(C[C@]1(O)CCNC(=O)c1ccc(I)cc1)C2(C)C. The molecule has 2 saturated carbocycles. The van der Waals surface area contributed by atoms with Crippen molar-refractivity contribution >= 4 is 28.5 Å². The second kappa shape index (κ2) is 6.27. The van der Waals surface area contributed by atoms with E-state index >= 15 is 0 Å². The fourth-order valence-electron chi connectivity index (χ4n) is 5.68. The van der Waals surface area contributed by atoms with Gasteiger partial charge in [0.25, 0.3) is 5.91 Å². The number of benzene rings is 1. The summed E-state index contributed by atoms with van der Waals surface area (Å²) < 4.78 is 1.12. The van der Waals surface area contributed by atoms with Gasteiger partial charge in [0, 0.05) is 21.1 Å². The molecule has 2 N–H and O–H groups in total. The van der Waals surface area contributed by atoms with Gasteiger partial charge in [0.1, 0.15) is 0 Å². The van der Waals surface area contributed by atoms with Gasteiger partial charge < -0.3 is 10.4 Å². The highest BCUT2D eigenvalue weighted by molar-refractivity contribution is 14.1. The van der Waals surface area contributed by atoms with Crippen molar-refractivity contribution < 1.29 is 9.90 Å². The average molecular weight is 441 g/mol. The van der Waals surface area contributed by atoms with Crippen molar-refractivity contribution in [2.75, 3.05) is 6.54 Å². The summed E-state index contributed by atoms with van der Waals surface area (Å²) in [5.74, 6) is 0.553. The predicted molar refractivity (Wildman–Crippen MR) is 105 cm³/mol. The number of amides is 1. The molecule has 2 bridgehead atoms. The Bertz CT molecular complexity index is 627. The number of fused-ring (bicyclic) bond motifs is 2. The summed E-state index contributed by atoms with van der Waals surface area (Å²) in [5.41, 5.74) is 0.225. The fraction of sp³-hybridized carbons (Fsp3) is 0.650. The molecule has 4 heteroatoms. The van der Waals surface area contributed by atoms with Crippen LogP contribution in [0.15, 0.2) is 24.3 Å². The van der Waals surface area contributed by atoms with Crippen molar-refractivity contribution in [1.29, 1.82) is 0 Å². The maximum Gasteiger partial charge on any atom is 0.251 e. The second-order valence-electron chi connectivity index (χ2n) is 8.14. The molecule has 2 aliphatic carbocycles. The van der Waals surface area contributed by atoms with Crippen LogP contribution in [0.2, 0.25) is 0 Å². The lowest BCUT2D eigenvalue weighted by Crippen LogP contribution is -2.50. The van der Waals surface area contributed by atoms with E-state index in [0.29, 0.717) is 24.4 Å². The van der Waals surface area contributed by atoms with E-state index < -0.39 is 5.60 Å². The number of hydrogen-bond acceptors (Lipinski definition) is 2. The lowest BCUT2D eigenvalue weighted by Gasteiger charge is -2.48. The summed E-state index contributed by atoms with van der Waals surface area (Å²) in [7, 11) is 0. The number of nitrogens with one attached hydrogen (secondary N) is 1. The Labute approximate surface area is 158 Å². The Morgan fingerprint density at radius 1 is 1.33 bits per heavy atom. The smallest absolute Gasteiger partial charge is 0.251 e. The summed E-state index contributed by atoms with van der Waals surface area (Å²) in [6, 6.07) is 7.57. The van der Waals surface area contributed by atoms with E-state index in [1.807, 2.05) is 24.3 Å². The fourth-order valence-corrected chi connectivity index (χ4v) is 6.04. The third-order valence-electron chi connectivity index (χ3n) is 7.18. The molecular weight excluding hydrogens is 413 g/mol. The quantitative estimate of drug-likeness (QED) is 0.667. The van der Waals surface area contributed by atoms with Crippen LogP contribution in [0.4, 0.5) is 0 Å². The number of carbonyl (C=O) groups excluding carboxylic acids is 1. The molecule has 1 aromatic rings. The standard InChI is InChI=1S/C20H28INO2/c1-4-19-10-9-15(18(19,2)3)13-20(19,24)11-12-22-17(23)14-5-7-16(21)8-6-14/h5-8,15,24H,4,9-13H2,1-3H3,(H,22,23)/t15?,19?,20-/m1/s1. The van der Waals surface area contributed by atoms with E-state index in [0.717, 1.165) is 22.8 Å². The van der Waals surface area contributed by atoms with E-state index in [1.165, 1.54) is 6.42 Å². The first-order valence-electron chi connectivity index (χ1n) is 9.02. The Kier molecular flexibility index (Phi) is 4.75. The number of aliphatic hydroxyl groups is 1. The van der Waals surface area contributed by atoms with Crippen LogP contribution in [0.5, 0.6) is 0 Å². The van der Waals surface area contributed by atoms with Crippen LogP contribution in [-0.2, 0) is 0 Å². The lowest BCUT2D eigenvalue weighted by molar-refractivity contribution is -0.107. The summed E-state index contributed by atoms with van der Waals surface area (Å²) in [6.45, 7) is 7.41. The minimum absolute atomic E-state index is 0.00173. The van der Waals surface area contributed by atoms with Crippen molar-refractivity contribution in [3.05, 3.63) is 33.4 Å². The van der Waals surface area contributed by atoms with Crippen LogP contribution < -0.4 is 5.32 Å². The normalized spacial score (nSPS) is 33.6. The van der Waals surface area contributed by atoms with Gasteiger partial charge in [-0.3, -0.25) is 4.79 Å². The molecule has 0 spiro atoms. The largest absolute Gasteiger partial charge is 0.389 e. The predicted octanol–water partition coefficient (Wildman–Crippen LogP) is 4.38. The van der Waals surface area contributed by atoms with E-state index in [1.54, 1.807) is 0 Å². The molecule has 0 radical (unpaired) electrons. The molecule has 3 rings (SSSR count). The number of rotatable bonds is 5. The third-order valence-corrected chi connectivity index (χ3v) is 7.90. The van der Waals surface area contributed by atoms with Crippen molar-refractivity contribution in [1.82, 2.24) is 5.32 Å². The summed E-state index contributed by atoms with van der Waals surface area (Å²) >= 11 is 2.23. The summed E-state index contributed by atoms with van der Waals surface area (Å²) in [4.78, 5) is 12.3. The monoisotopic (exact) mass is 441 g/mol. The molecule has 2 aliphatic rings.